The minimum Gasteiger partial charge on any atom is -0.242 e. The molecule has 0 bridgehead atoms. The van der Waals surface area contributed by atoms with Gasteiger partial charge in [-0.05, 0) is 18.6 Å². The first-order valence-electron chi connectivity index (χ1n) is 3.70. The minimum absolute atomic E-state index is 0.900. The van der Waals surface area contributed by atoms with E-state index in [1.54, 1.807) is 5.01 Å². The highest BCUT2D eigenvalue weighted by molar-refractivity contribution is 5.56. The molecule has 0 aliphatic carbocycles. The molecule has 2 heteroatoms. The Morgan fingerprint density at radius 2 is 2.45 bits per heavy atom. The van der Waals surface area contributed by atoms with E-state index < -0.39 is 0 Å². The molecule has 0 unspecified atom stereocenters. The molecule has 0 saturated heterocycles. The summed E-state index contributed by atoms with van der Waals surface area (Å²) in [6, 6.07) is 0. The third-order valence-corrected chi connectivity index (χ3v) is 1.31. The molecule has 0 N–H and O–H groups in total. The van der Waals surface area contributed by atoms with Crippen LogP contribution in [0.1, 0.15) is 13.3 Å². The highest BCUT2D eigenvalue weighted by Gasteiger charge is 1.98. The van der Waals surface area contributed by atoms with Gasteiger partial charge in [0.05, 0.1) is 5.70 Å². The molecule has 1 rings (SSSR count). The smallest absolute Gasteiger partial charge is 0.0573 e. The van der Waals surface area contributed by atoms with Gasteiger partial charge < -0.3 is 0 Å². The highest BCUT2D eigenvalue weighted by Crippen LogP contribution is 2.09. The van der Waals surface area contributed by atoms with Gasteiger partial charge in [0.25, 0.3) is 0 Å². The van der Waals surface area contributed by atoms with Crippen molar-refractivity contribution in [2.24, 2.45) is 5.10 Å². The van der Waals surface area contributed by atoms with Gasteiger partial charge in [-0.15, -0.1) is 0 Å². The van der Waals surface area contributed by atoms with Crippen LogP contribution in [0.5, 0.6) is 0 Å². The Hall–Kier alpha value is -1.31. The summed E-state index contributed by atoms with van der Waals surface area (Å²) in [5.41, 5.74) is 0.900. The summed E-state index contributed by atoms with van der Waals surface area (Å²) in [7, 11) is 0. The number of hydrogen-bond donors (Lipinski definition) is 0. The Morgan fingerprint density at radius 3 is 3.09 bits per heavy atom. The van der Waals surface area contributed by atoms with E-state index in [9.17, 15) is 0 Å². The normalized spacial score (nSPS) is 16.8. The quantitative estimate of drug-likeness (QED) is 0.548. The van der Waals surface area contributed by atoms with E-state index in [0.717, 1.165) is 12.1 Å². The molecule has 58 valence electrons. The van der Waals surface area contributed by atoms with Crippen LogP contribution < -0.4 is 0 Å². The molecule has 1 heterocycles. The number of hydrazone groups is 1. The largest absolute Gasteiger partial charge is 0.242 e. The van der Waals surface area contributed by atoms with Gasteiger partial charge in [0.2, 0.25) is 0 Å². The second kappa shape index (κ2) is 3.76. The van der Waals surface area contributed by atoms with E-state index in [4.69, 9.17) is 0 Å². The molecular formula is C9H12N2. The van der Waals surface area contributed by atoms with Crippen molar-refractivity contribution in [3.05, 3.63) is 36.7 Å². The molecule has 0 saturated carbocycles. The average molecular weight is 148 g/mol. The van der Waals surface area contributed by atoms with Crippen LogP contribution in [-0.4, -0.2) is 11.2 Å². The van der Waals surface area contributed by atoms with Crippen LogP contribution in [0, 0.1) is 0 Å². The second-order valence-electron chi connectivity index (χ2n) is 2.24. The van der Waals surface area contributed by atoms with Crippen molar-refractivity contribution in [2.75, 3.05) is 0 Å². The molecule has 0 spiro atoms. The van der Waals surface area contributed by atoms with Gasteiger partial charge in [-0.25, -0.2) is 5.01 Å². The van der Waals surface area contributed by atoms with Crippen molar-refractivity contribution in [3.63, 3.8) is 0 Å². The molecule has 0 atom stereocenters. The van der Waals surface area contributed by atoms with Crippen molar-refractivity contribution in [3.8, 4) is 0 Å². The SMILES string of the molecule is C=C1C=CC=CN1/N=C\CC. The Kier molecular flexibility index (Phi) is 2.66. The molecule has 0 aromatic carbocycles. The monoisotopic (exact) mass is 148 g/mol. The van der Waals surface area contributed by atoms with Gasteiger partial charge in [0.1, 0.15) is 0 Å². The molecule has 1 aliphatic rings. The number of nitrogens with zero attached hydrogens (tertiary/aromatic N) is 2. The van der Waals surface area contributed by atoms with Crippen LogP contribution in [0.2, 0.25) is 0 Å². The zero-order valence-corrected chi connectivity index (χ0v) is 6.70. The Balaban J connectivity index is 2.59. The molecule has 0 aromatic rings. The number of hydrogen-bond acceptors (Lipinski definition) is 2. The average Bonchev–Trinajstić information content (AvgIpc) is 2.03. The lowest BCUT2D eigenvalue weighted by Crippen LogP contribution is -2.08. The summed E-state index contributed by atoms with van der Waals surface area (Å²) in [4.78, 5) is 0. The first-order valence-corrected chi connectivity index (χ1v) is 3.70. The van der Waals surface area contributed by atoms with E-state index in [2.05, 4.69) is 18.6 Å². The lowest BCUT2D eigenvalue weighted by Gasteiger charge is -2.15. The van der Waals surface area contributed by atoms with E-state index in [-0.39, 0.29) is 0 Å². The first kappa shape index (κ1) is 7.79. The van der Waals surface area contributed by atoms with Crippen LogP contribution in [0.15, 0.2) is 41.8 Å². The maximum Gasteiger partial charge on any atom is 0.0573 e. The zero-order valence-electron chi connectivity index (χ0n) is 6.70. The lowest BCUT2D eigenvalue weighted by molar-refractivity contribution is 0.514. The summed E-state index contributed by atoms with van der Waals surface area (Å²) in [6.07, 6.45) is 10.5. The Bertz CT molecular complexity index is 224. The third kappa shape index (κ3) is 2.08. The van der Waals surface area contributed by atoms with Crippen molar-refractivity contribution < 1.29 is 0 Å². The summed E-state index contributed by atoms with van der Waals surface area (Å²) < 4.78 is 0. The fraction of sp³-hybridized carbons (Fsp3) is 0.222. The van der Waals surface area contributed by atoms with Crippen LogP contribution in [0.25, 0.3) is 0 Å². The summed E-state index contributed by atoms with van der Waals surface area (Å²) in [5.74, 6) is 0. The van der Waals surface area contributed by atoms with Crippen molar-refractivity contribution in [2.45, 2.75) is 13.3 Å². The first-order chi connectivity index (χ1) is 5.34. The van der Waals surface area contributed by atoms with Crippen LogP contribution >= 0.6 is 0 Å². The number of allylic oxidation sites excluding steroid dienone is 3. The van der Waals surface area contributed by atoms with E-state index in [1.807, 2.05) is 30.6 Å². The van der Waals surface area contributed by atoms with E-state index in [0.29, 0.717) is 0 Å². The second-order valence-corrected chi connectivity index (χ2v) is 2.24. The fourth-order valence-corrected chi connectivity index (χ4v) is 0.752. The molecule has 0 amide bonds. The predicted molar refractivity (Wildman–Crippen MR) is 48.0 cm³/mol. The Morgan fingerprint density at radius 1 is 1.64 bits per heavy atom. The van der Waals surface area contributed by atoms with Gasteiger partial charge in [-0.2, -0.15) is 5.10 Å². The van der Waals surface area contributed by atoms with E-state index >= 15 is 0 Å². The predicted octanol–water partition coefficient (Wildman–Crippen LogP) is 2.28. The highest BCUT2D eigenvalue weighted by atomic mass is 15.4. The lowest BCUT2D eigenvalue weighted by atomic mass is 10.3. The maximum atomic E-state index is 4.15. The van der Waals surface area contributed by atoms with Crippen molar-refractivity contribution >= 4 is 6.21 Å². The molecule has 2 nitrogen and oxygen atoms in total. The Labute approximate surface area is 67.2 Å². The van der Waals surface area contributed by atoms with Crippen LogP contribution in [-0.2, 0) is 0 Å². The maximum absolute atomic E-state index is 4.15. The van der Waals surface area contributed by atoms with Gasteiger partial charge >= 0.3 is 0 Å². The molecule has 0 radical (unpaired) electrons. The van der Waals surface area contributed by atoms with Gasteiger partial charge in [-0.1, -0.05) is 19.6 Å². The topological polar surface area (TPSA) is 15.6 Å². The van der Waals surface area contributed by atoms with Crippen molar-refractivity contribution in [1.29, 1.82) is 0 Å². The molecule has 11 heavy (non-hydrogen) atoms. The summed E-state index contributed by atoms with van der Waals surface area (Å²) in [6.45, 7) is 5.87. The third-order valence-electron chi connectivity index (χ3n) is 1.31. The summed E-state index contributed by atoms with van der Waals surface area (Å²) in [5, 5.41) is 5.91. The van der Waals surface area contributed by atoms with Crippen molar-refractivity contribution in [1.82, 2.24) is 5.01 Å². The number of rotatable bonds is 2. The molecule has 0 fully saturated rings. The molecular weight excluding hydrogens is 136 g/mol. The fourth-order valence-electron chi connectivity index (χ4n) is 0.752. The van der Waals surface area contributed by atoms with Gasteiger partial charge in [-0.3, -0.25) is 0 Å². The van der Waals surface area contributed by atoms with E-state index in [1.165, 1.54) is 0 Å². The van der Waals surface area contributed by atoms with Crippen LogP contribution in [0.3, 0.4) is 0 Å². The van der Waals surface area contributed by atoms with Crippen LogP contribution in [0.4, 0.5) is 0 Å². The zero-order chi connectivity index (χ0) is 8.10. The minimum atomic E-state index is 0.900. The summed E-state index contributed by atoms with van der Waals surface area (Å²) >= 11 is 0. The van der Waals surface area contributed by atoms with Gasteiger partial charge in [0, 0.05) is 12.4 Å². The molecule has 0 aromatic heterocycles. The molecule has 1 aliphatic heterocycles. The standard InChI is InChI=1S/C9H12N2/c1-3-7-10-11-8-5-4-6-9(11)2/h4-8H,2-3H2,1H3/b10-7-. The van der Waals surface area contributed by atoms with Gasteiger partial charge in [0.15, 0.2) is 0 Å².